The fraction of sp³-hybridized carbons (Fsp3) is 0.312. The zero-order valence-corrected chi connectivity index (χ0v) is 41.0. The average Bonchev–Trinajstić information content (AvgIpc) is 4.25. The highest BCUT2D eigenvalue weighted by atomic mass is 16.5. The number of fused-ring (bicyclic) bond motifs is 3. The van der Waals surface area contributed by atoms with E-state index in [2.05, 4.69) is 62.0 Å². The number of nitrogens with zero attached hydrogens (tertiary/aromatic N) is 13. The van der Waals surface area contributed by atoms with Crippen LogP contribution in [0.2, 0.25) is 0 Å². The van der Waals surface area contributed by atoms with Crippen molar-refractivity contribution in [3.63, 3.8) is 0 Å². The highest BCUT2D eigenvalue weighted by molar-refractivity contribution is 5.96. The standard InChI is InChI=1S/2C16H20N6O2.C16H18N6O/c1-4-24-11(2)21-8-12(6-19-21)16-14(18-10-23)7-20-22-9-13(17-3)5-15(16)22;1-4-24-11(2)21-9-12(7-19-21)16-13(18-10-23)8-20-22-14(16)5-6-15(22)17-3;1-5-23-11(2)21-9-12(7-19-21)16-14(18-4)8-20-22-10-13(17-3)6-15(16)22/h2*5-11,17H,4H2,1-3H3,(H,18,23);6-11,17H,5H2,1-3H3. The summed E-state index contributed by atoms with van der Waals surface area (Å²) in [7, 11) is 5.54. The quantitative estimate of drug-likeness (QED) is 0.0381. The Morgan fingerprint density at radius 1 is 0.563 bits per heavy atom. The van der Waals surface area contributed by atoms with Crippen LogP contribution >= 0.6 is 0 Å². The Morgan fingerprint density at radius 2 is 1.00 bits per heavy atom. The van der Waals surface area contributed by atoms with E-state index >= 15 is 0 Å². The molecule has 370 valence electrons. The lowest BCUT2D eigenvalue weighted by Gasteiger charge is -2.12. The molecule has 23 heteroatoms. The maximum Gasteiger partial charge on any atom is 0.216 e. The minimum absolute atomic E-state index is 0.150. The Kier molecular flexibility index (Phi) is 16.4. The van der Waals surface area contributed by atoms with E-state index in [1.54, 1.807) is 64.8 Å². The molecule has 9 rings (SSSR count). The fourth-order valence-electron chi connectivity index (χ4n) is 7.91. The number of hydrogen-bond donors (Lipinski definition) is 5. The summed E-state index contributed by atoms with van der Waals surface area (Å²) >= 11 is 0. The van der Waals surface area contributed by atoms with Crippen LogP contribution < -0.4 is 26.6 Å². The average molecular weight is 967 g/mol. The topological polar surface area (TPSA) is 232 Å². The summed E-state index contributed by atoms with van der Waals surface area (Å²) in [5, 5.41) is 40.8. The van der Waals surface area contributed by atoms with Crippen molar-refractivity contribution in [2.75, 3.05) is 67.5 Å². The monoisotopic (exact) mass is 966 g/mol. The predicted molar refractivity (Wildman–Crippen MR) is 273 cm³/mol. The smallest absolute Gasteiger partial charge is 0.216 e. The molecule has 0 saturated heterocycles. The molecular formula is C48H58N18O5. The first-order chi connectivity index (χ1) is 34.5. The summed E-state index contributed by atoms with van der Waals surface area (Å²) in [6, 6.07) is 7.83. The summed E-state index contributed by atoms with van der Waals surface area (Å²) in [4.78, 5) is 25.5. The van der Waals surface area contributed by atoms with Crippen molar-refractivity contribution in [3.05, 3.63) is 104 Å². The highest BCUT2D eigenvalue weighted by Crippen LogP contribution is 2.37. The summed E-state index contributed by atoms with van der Waals surface area (Å²) in [6.07, 6.45) is 20.4. The first-order valence-corrected chi connectivity index (χ1v) is 22.9. The van der Waals surface area contributed by atoms with Crippen molar-refractivity contribution in [1.82, 2.24) is 58.2 Å². The van der Waals surface area contributed by atoms with Crippen LogP contribution in [0.3, 0.4) is 0 Å². The van der Waals surface area contributed by atoms with E-state index in [9.17, 15) is 9.59 Å². The Morgan fingerprint density at radius 3 is 1.44 bits per heavy atom. The van der Waals surface area contributed by atoms with Crippen molar-refractivity contribution in [1.29, 1.82) is 0 Å². The molecule has 0 saturated carbocycles. The van der Waals surface area contributed by atoms with Gasteiger partial charge in [0.05, 0.1) is 95.4 Å². The minimum atomic E-state index is -0.163. The summed E-state index contributed by atoms with van der Waals surface area (Å²) < 4.78 is 27.3. The first-order valence-electron chi connectivity index (χ1n) is 22.9. The van der Waals surface area contributed by atoms with Gasteiger partial charge in [-0.2, -0.15) is 30.6 Å². The molecule has 3 unspecified atom stereocenters. The lowest BCUT2D eigenvalue weighted by molar-refractivity contribution is -0.106. The third-order valence-electron chi connectivity index (χ3n) is 11.3. The largest absolute Gasteiger partial charge is 0.387 e. The Bertz CT molecular complexity index is 3190. The summed E-state index contributed by atoms with van der Waals surface area (Å²) in [5.74, 6) is 0.860. The van der Waals surface area contributed by atoms with Crippen LogP contribution in [0.1, 0.15) is 60.2 Å². The van der Waals surface area contributed by atoms with Gasteiger partial charge >= 0.3 is 0 Å². The predicted octanol–water partition coefficient (Wildman–Crippen LogP) is 8.07. The van der Waals surface area contributed by atoms with Gasteiger partial charge in [0.2, 0.25) is 18.5 Å². The van der Waals surface area contributed by atoms with Gasteiger partial charge in [0, 0.05) is 92.9 Å². The molecule has 23 nitrogen and oxygen atoms in total. The number of ether oxygens (including phenoxy) is 3. The number of anilines is 5. The zero-order valence-electron chi connectivity index (χ0n) is 41.0. The molecule has 2 amide bonds. The van der Waals surface area contributed by atoms with Crippen molar-refractivity contribution < 1.29 is 23.8 Å². The van der Waals surface area contributed by atoms with Gasteiger partial charge in [0.1, 0.15) is 24.5 Å². The molecule has 5 N–H and O–H groups in total. The van der Waals surface area contributed by atoms with E-state index in [1.807, 2.05) is 118 Å². The van der Waals surface area contributed by atoms with Crippen molar-refractivity contribution in [2.24, 2.45) is 0 Å². The maximum atomic E-state index is 11.0. The van der Waals surface area contributed by atoms with Gasteiger partial charge in [-0.3, -0.25) is 9.59 Å². The third-order valence-corrected chi connectivity index (χ3v) is 11.3. The molecule has 9 aromatic rings. The van der Waals surface area contributed by atoms with Crippen molar-refractivity contribution in [3.8, 4) is 33.4 Å². The lowest BCUT2D eigenvalue weighted by Crippen LogP contribution is -2.09. The van der Waals surface area contributed by atoms with Crippen LogP contribution in [0.4, 0.5) is 34.3 Å². The summed E-state index contributed by atoms with van der Waals surface area (Å²) in [6.45, 7) is 20.9. The number of aromatic nitrogens is 12. The van der Waals surface area contributed by atoms with E-state index in [0.29, 0.717) is 49.7 Å². The number of amides is 2. The van der Waals surface area contributed by atoms with E-state index in [-0.39, 0.29) is 18.7 Å². The first kappa shape index (κ1) is 50.3. The second-order valence-electron chi connectivity index (χ2n) is 15.6. The van der Waals surface area contributed by atoms with Gasteiger partial charge in [-0.25, -0.2) is 32.4 Å². The number of rotatable bonds is 19. The third kappa shape index (κ3) is 10.8. The van der Waals surface area contributed by atoms with Gasteiger partial charge in [-0.1, -0.05) is 0 Å². The van der Waals surface area contributed by atoms with Gasteiger partial charge in [-0.15, -0.1) is 0 Å². The highest BCUT2D eigenvalue weighted by Gasteiger charge is 2.19. The molecule has 0 aliphatic carbocycles. The van der Waals surface area contributed by atoms with E-state index in [1.165, 1.54) is 0 Å². The number of nitrogens with one attached hydrogen (secondary N) is 5. The molecule has 0 aliphatic rings. The Balaban J connectivity index is 0.000000157. The lowest BCUT2D eigenvalue weighted by atomic mass is 10.1. The van der Waals surface area contributed by atoms with Gasteiger partial charge in [0.25, 0.3) is 0 Å². The van der Waals surface area contributed by atoms with Crippen LogP contribution in [0.5, 0.6) is 0 Å². The SMILES string of the molecule is CCOC(C)n1cc(-c2c(NC=O)cnn3c(NC)ccc23)cn1.CCOC(C)n1cc(-c2c(NC=O)cnn3cc(NC)cc23)cn1.[C-]#[N+]c1cnn2cc(NC)cc2c1-c1cnn(C(C)OCC)c1. The molecule has 0 aliphatic heterocycles. The van der Waals surface area contributed by atoms with Gasteiger partial charge in [0.15, 0.2) is 0 Å². The summed E-state index contributed by atoms with van der Waals surface area (Å²) in [5.41, 5.74) is 11.4. The van der Waals surface area contributed by atoms with Crippen LogP contribution in [-0.4, -0.2) is 112 Å². The van der Waals surface area contributed by atoms with Crippen molar-refractivity contribution >= 4 is 63.6 Å². The van der Waals surface area contributed by atoms with Crippen LogP contribution in [0, 0.1) is 6.57 Å². The maximum absolute atomic E-state index is 11.0. The van der Waals surface area contributed by atoms with Gasteiger partial charge < -0.3 is 40.8 Å². The molecule has 71 heavy (non-hydrogen) atoms. The second kappa shape index (κ2) is 23.1. The molecule has 0 fully saturated rings. The Labute approximate surface area is 409 Å². The van der Waals surface area contributed by atoms with Crippen molar-refractivity contribution in [2.45, 2.75) is 60.2 Å². The van der Waals surface area contributed by atoms with Crippen LogP contribution in [-0.2, 0) is 23.8 Å². The molecule has 9 aromatic heterocycles. The second-order valence-corrected chi connectivity index (χ2v) is 15.6. The normalized spacial score (nSPS) is 12.3. The molecule has 0 aromatic carbocycles. The van der Waals surface area contributed by atoms with Crippen LogP contribution in [0.25, 0.3) is 54.8 Å². The molecule has 9 heterocycles. The number of carbonyl (C=O) groups excluding carboxylic acids is 2. The van der Waals surface area contributed by atoms with Crippen LogP contribution in [0.15, 0.2) is 92.4 Å². The van der Waals surface area contributed by atoms with Gasteiger partial charge in [-0.05, 0) is 65.8 Å². The fourth-order valence-corrected chi connectivity index (χ4v) is 7.91. The molecule has 0 radical (unpaired) electrons. The van der Waals surface area contributed by atoms with E-state index in [4.69, 9.17) is 20.8 Å². The number of carbonyl (C=O) groups is 2. The molecule has 0 bridgehead atoms. The van der Waals surface area contributed by atoms with E-state index in [0.717, 1.165) is 67.1 Å². The number of hydrogen-bond acceptors (Lipinski definition) is 14. The molecular weight excluding hydrogens is 909 g/mol. The zero-order chi connectivity index (χ0) is 50.6. The minimum Gasteiger partial charge on any atom is -0.387 e. The van der Waals surface area contributed by atoms with E-state index < -0.39 is 0 Å². The Hall–Kier alpha value is -8.59. The molecule has 0 spiro atoms. The molecule has 3 atom stereocenters.